The van der Waals surface area contributed by atoms with Crippen LogP contribution in [-0.4, -0.2) is 12.5 Å². The smallest absolute Gasteiger partial charge is 0.0500 e. The van der Waals surface area contributed by atoms with Gasteiger partial charge >= 0.3 is 0 Å². The van der Waals surface area contributed by atoms with Gasteiger partial charge in [-0.1, -0.05) is 15.9 Å². The van der Waals surface area contributed by atoms with Crippen LogP contribution in [0.5, 0.6) is 0 Å². The molecule has 1 nitrogen and oxygen atoms in total. The summed E-state index contributed by atoms with van der Waals surface area (Å²) in [5.74, 6) is 0. The zero-order valence-corrected chi connectivity index (χ0v) is 7.41. The van der Waals surface area contributed by atoms with E-state index in [0.717, 1.165) is 4.48 Å². The minimum Gasteiger partial charge on any atom is -0.322 e. The average molecular weight is 207 g/mol. The van der Waals surface area contributed by atoms with E-state index in [4.69, 9.17) is 4.18 Å². The predicted octanol–water partition coefficient (Wildman–Crippen LogP) is 2.43. The molecule has 0 spiro atoms. The normalized spacial score (nSPS) is 25.1. The van der Waals surface area contributed by atoms with Gasteiger partial charge in [0.05, 0.1) is 7.11 Å². The van der Waals surface area contributed by atoms with Gasteiger partial charge in [0.25, 0.3) is 0 Å². The zero-order valence-electron chi connectivity index (χ0n) is 5.00. The molecule has 1 rings (SSSR count). The second kappa shape index (κ2) is 3.34. The largest absolute Gasteiger partial charge is 0.322 e. The van der Waals surface area contributed by atoms with Gasteiger partial charge < -0.3 is 4.18 Å². The summed E-state index contributed by atoms with van der Waals surface area (Å²) >= 11 is 3.34. The van der Waals surface area contributed by atoms with Gasteiger partial charge in [0.15, 0.2) is 0 Å². The molecule has 0 aromatic heterocycles. The Labute approximate surface area is 65.7 Å². The lowest BCUT2D eigenvalue weighted by Gasteiger charge is -2.01. The van der Waals surface area contributed by atoms with Crippen molar-refractivity contribution in [2.24, 2.45) is 0 Å². The van der Waals surface area contributed by atoms with Gasteiger partial charge in [-0.05, 0) is 33.7 Å². The molecule has 1 aliphatic heterocycles. The van der Waals surface area contributed by atoms with Crippen LogP contribution in [0.15, 0.2) is 22.0 Å². The van der Waals surface area contributed by atoms with Crippen molar-refractivity contribution in [1.82, 2.24) is 0 Å². The lowest BCUT2D eigenvalue weighted by Crippen LogP contribution is -1.78. The van der Waals surface area contributed by atoms with E-state index in [1.807, 2.05) is 22.9 Å². The summed E-state index contributed by atoms with van der Waals surface area (Å²) in [5, 5.41) is 4.04. The molecule has 1 heterocycles. The maximum absolute atomic E-state index is 5.06. The molecule has 0 saturated carbocycles. The molecule has 50 valence electrons. The average Bonchev–Trinajstić information content (AvgIpc) is 1.90. The number of hydrogen-bond acceptors (Lipinski definition) is 1. The Morgan fingerprint density at radius 2 is 2.44 bits per heavy atom. The van der Waals surface area contributed by atoms with Crippen molar-refractivity contribution in [2.75, 3.05) is 7.11 Å². The van der Waals surface area contributed by atoms with Crippen LogP contribution in [0.3, 0.4) is 0 Å². The molecule has 0 radical (unpaired) electrons. The number of allylic oxidation sites excluding steroid dienone is 3. The number of halogens is 1. The SMILES string of the molecule is COS1=CC=C(Br)C=C1. The second-order valence-corrected chi connectivity index (χ2v) is 3.94. The minimum atomic E-state index is -0.0843. The maximum atomic E-state index is 5.06. The minimum absolute atomic E-state index is 0.0843. The van der Waals surface area contributed by atoms with Crippen molar-refractivity contribution in [1.29, 1.82) is 0 Å². The summed E-state index contributed by atoms with van der Waals surface area (Å²) in [7, 11) is 1.62. The van der Waals surface area contributed by atoms with Crippen molar-refractivity contribution in [2.45, 2.75) is 0 Å². The highest BCUT2D eigenvalue weighted by atomic mass is 79.9. The van der Waals surface area contributed by atoms with Gasteiger partial charge in [0.2, 0.25) is 0 Å². The fraction of sp³-hybridized carbons (Fsp3) is 0.167. The molecule has 0 aliphatic carbocycles. The van der Waals surface area contributed by atoms with E-state index in [-0.39, 0.29) is 10.8 Å². The summed E-state index contributed by atoms with van der Waals surface area (Å²) in [6.45, 7) is 0. The molecular weight excluding hydrogens is 200 g/mol. The predicted molar refractivity (Wildman–Crippen MR) is 46.8 cm³/mol. The van der Waals surface area contributed by atoms with Gasteiger partial charge in [0, 0.05) is 4.48 Å². The highest BCUT2D eigenvalue weighted by molar-refractivity contribution is 9.11. The van der Waals surface area contributed by atoms with Gasteiger partial charge in [-0.15, -0.1) is 0 Å². The van der Waals surface area contributed by atoms with Crippen molar-refractivity contribution in [3.8, 4) is 0 Å². The quantitative estimate of drug-likeness (QED) is 0.600. The van der Waals surface area contributed by atoms with E-state index >= 15 is 0 Å². The van der Waals surface area contributed by atoms with Gasteiger partial charge in [-0.3, -0.25) is 0 Å². The summed E-state index contributed by atoms with van der Waals surface area (Å²) in [4.78, 5) is 0. The Bertz CT molecular complexity index is 193. The third kappa shape index (κ3) is 2.08. The first-order chi connectivity index (χ1) is 4.33. The Kier molecular flexibility index (Phi) is 2.69. The van der Waals surface area contributed by atoms with Crippen LogP contribution in [-0.2, 0) is 4.18 Å². The fourth-order valence-electron chi connectivity index (χ4n) is 0.476. The molecule has 0 N–H and O–H groups in total. The number of rotatable bonds is 1. The summed E-state index contributed by atoms with van der Waals surface area (Å²) in [6.07, 6.45) is 3.99. The van der Waals surface area contributed by atoms with E-state index in [1.54, 1.807) is 7.11 Å². The lowest BCUT2D eigenvalue weighted by atomic mass is 10.5. The Balaban J connectivity index is 2.75. The van der Waals surface area contributed by atoms with Crippen LogP contribution in [0.4, 0.5) is 0 Å². The molecule has 1 aliphatic rings. The molecular formula is C6H7BrOS. The van der Waals surface area contributed by atoms with Crippen molar-refractivity contribution in [3.05, 3.63) is 22.0 Å². The first kappa shape index (κ1) is 7.25. The standard InChI is InChI=1S/C6H7BrOS/c1-8-9-4-2-6(7)3-5-9/h2-5H,1H3. The first-order valence-corrected chi connectivity index (χ1v) is 4.55. The van der Waals surface area contributed by atoms with Crippen LogP contribution in [0, 0.1) is 0 Å². The summed E-state index contributed by atoms with van der Waals surface area (Å²) in [6, 6.07) is 0. The van der Waals surface area contributed by atoms with E-state index < -0.39 is 0 Å². The molecule has 0 saturated heterocycles. The van der Waals surface area contributed by atoms with Crippen molar-refractivity contribution < 1.29 is 4.18 Å². The zero-order chi connectivity index (χ0) is 6.69. The molecule has 1 unspecified atom stereocenters. The van der Waals surface area contributed by atoms with Crippen LogP contribution < -0.4 is 0 Å². The summed E-state index contributed by atoms with van der Waals surface area (Å²) in [5.41, 5.74) is 0. The van der Waals surface area contributed by atoms with E-state index in [2.05, 4.69) is 15.9 Å². The lowest BCUT2D eigenvalue weighted by molar-refractivity contribution is 0.492. The van der Waals surface area contributed by atoms with Crippen LogP contribution in [0.2, 0.25) is 0 Å². The Morgan fingerprint density at radius 1 is 1.67 bits per heavy atom. The van der Waals surface area contributed by atoms with Crippen LogP contribution in [0.1, 0.15) is 0 Å². The molecule has 0 fully saturated rings. The highest BCUT2D eigenvalue weighted by Crippen LogP contribution is 2.21. The molecule has 0 bridgehead atoms. The van der Waals surface area contributed by atoms with Crippen molar-refractivity contribution >= 4 is 32.1 Å². The third-order valence-electron chi connectivity index (χ3n) is 0.915. The second-order valence-electron chi connectivity index (χ2n) is 1.49. The van der Waals surface area contributed by atoms with Crippen molar-refractivity contribution in [3.63, 3.8) is 0 Å². The van der Waals surface area contributed by atoms with E-state index in [1.165, 1.54) is 0 Å². The Morgan fingerprint density at radius 3 is 2.89 bits per heavy atom. The molecule has 0 aromatic carbocycles. The van der Waals surface area contributed by atoms with E-state index in [0.29, 0.717) is 0 Å². The Hall–Kier alpha value is 0.140. The van der Waals surface area contributed by atoms with Crippen LogP contribution >= 0.6 is 26.7 Å². The molecule has 9 heavy (non-hydrogen) atoms. The van der Waals surface area contributed by atoms with Gasteiger partial charge in [-0.2, -0.15) is 0 Å². The van der Waals surface area contributed by atoms with Gasteiger partial charge in [-0.25, -0.2) is 0 Å². The highest BCUT2D eigenvalue weighted by Gasteiger charge is 1.91. The topological polar surface area (TPSA) is 9.23 Å². The van der Waals surface area contributed by atoms with E-state index in [9.17, 15) is 0 Å². The molecule has 0 aromatic rings. The van der Waals surface area contributed by atoms with Gasteiger partial charge in [0.1, 0.15) is 0 Å². The molecule has 0 amide bonds. The van der Waals surface area contributed by atoms with Crippen LogP contribution in [0.25, 0.3) is 0 Å². The monoisotopic (exact) mass is 206 g/mol. The molecule has 3 heteroatoms. The third-order valence-corrected chi connectivity index (χ3v) is 2.64. The first-order valence-electron chi connectivity index (χ1n) is 2.48. The number of hydrogen-bond donors (Lipinski definition) is 0. The fourth-order valence-corrected chi connectivity index (χ4v) is 1.96. The summed E-state index contributed by atoms with van der Waals surface area (Å²) < 4.78 is 6.16. The maximum Gasteiger partial charge on any atom is 0.0500 e. The molecule has 1 atom stereocenters.